The van der Waals surface area contributed by atoms with Crippen molar-refractivity contribution in [3.63, 3.8) is 0 Å². The summed E-state index contributed by atoms with van der Waals surface area (Å²) in [5.41, 5.74) is 5.99. The summed E-state index contributed by atoms with van der Waals surface area (Å²) in [5, 5.41) is 8.65. The van der Waals surface area contributed by atoms with Crippen LogP contribution >= 0.6 is 24.0 Å². The summed E-state index contributed by atoms with van der Waals surface area (Å²) >= 11 is 0. The van der Waals surface area contributed by atoms with Crippen LogP contribution in [0.1, 0.15) is 51.4 Å². The molecule has 108 valence electrons. The Labute approximate surface area is 128 Å². The Bertz CT molecular complexity index is 216. The minimum absolute atomic E-state index is 0. The number of aliphatic hydroxyl groups excluding tert-OH is 1. The van der Waals surface area contributed by atoms with Crippen LogP contribution in [0.15, 0.2) is 4.99 Å². The molecule has 3 N–H and O–H groups in total. The molecule has 1 saturated heterocycles. The summed E-state index contributed by atoms with van der Waals surface area (Å²) in [7, 11) is 0. The van der Waals surface area contributed by atoms with Gasteiger partial charge in [-0.3, -0.25) is 4.99 Å². The molecule has 0 aromatic rings. The van der Waals surface area contributed by atoms with Crippen LogP contribution in [-0.4, -0.2) is 42.2 Å². The van der Waals surface area contributed by atoms with Gasteiger partial charge in [0, 0.05) is 26.2 Å². The molecule has 5 heteroatoms. The molecule has 0 aromatic heterocycles. The summed E-state index contributed by atoms with van der Waals surface area (Å²) in [6.45, 7) is 3.27. The van der Waals surface area contributed by atoms with Gasteiger partial charge in [0.05, 0.1) is 0 Å². The van der Waals surface area contributed by atoms with E-state index >= 15 is 0 Å². The SMILES string of the molecule is I.NC(=NCCCCCCO)N1CCCCCC1. The number of unbranched alkanes of at least 4 members (excludes halogenated alkanes) is 3. The number of likely N-dealkylation sites (tertiary alicyclic amines) is 1. The molecule has 0 unspecified atom stereocenters. The Morgan fingerprint density at radius 1 is 1.00 bits per heavy atom. The van der Waals surface area contributed by atoms with Crippen molar-refractivity contribution in [1.29, 1.82) is 0 Å². The zero-order chi connectivity index (χ0) is 12.3. The largest absolute Gasteiger partial charge is 0.396 e. The fourth-order valence-electron chi connectivity index (χ4n) is 2.17. The number of aliphatic imine (C=N–C) groups is 1. The molecule has 1 aliphatic rings. The van der Waals surface area contributed by atoms with Crippen molar-refractivity contribution in [2.24, 2.45) is 10.7 Å². The number of hydrogen-bond acceptors (Lipinski definition) is 2. The smallest absolute Gasteiger partial charge is 0.191 e. The standard InChI is InChI=1S/C13H27N3O.HI/c14-13(15-9-5-1-4-8-12-17)16-10-6-2-3-7-11-16;/h17H,1-12H2,(H2,14,15);1H. The highest BCUT2D eigenvalue weighted by Crippen LogP contribution is 2.09. The molecular formula is C13H28IN3O. The summed E-state index contributed by atoms with van der Waals surface area (Å²) in [6.07, 6.45) is 9.35. The minimum Gasteiger partial charge on any atom is -0.396 e. The first-order chi connectivity index (χ1) is 8.34. The van der Waals surface area contributed by atoms with Crippen molar-refractivity contribution >= 4 is 29.9 Å². The van der Waals surface area contributed by atoms with Gasteiger partial charge in [-0.15, -0.1) is 24.0 Å². The highest BCUT2D eigenvalue weighted by molar-refractivity contribution is 14.0. The van der Waals surface area contributed by atoms with E-state index in [4.69, 9.17) is 10.8 Å². The van der Waals surface area contributed by atoms with E-state index in [1.54, 1.807) is 0 Å². The number of guanidine groups is 1. The van der Waals surface area contributed by atoms with Gasteiger partial charge in [0.15, 0.2) is 5.96 Å². The number of nitrogens with two attached hydrogens (primary N) is 1. The fraction of sp³-hybridized carbons (Fsp3) is 0.923. The molecule has 0 saturated carbocycles. The van der Waals surface area contributed by atoms with E-state index in [2.05, 4.69) is 9.89 Å². The van der Waals surface area contributed by atoms with Gasteiger partial charge in [0.1, 0.15) is 0 Å². The fourth-order valence-corrected chi connectivity index (χ4v) is 2.17. The van der Waals surface area contributed by atoms with Crippen LogP contribution in [0.2, 0.25) is 0 Å². The maximum atomic E-state index is 8.65. The molecule has 1 rings (SSSR count). The Kier molecular flexibility index (Phi) is 12.0. The van der Waals surface area contributed by atoms with Gasteiger partial charge >= 0.3 is 0 Å². The first-order valence-corrected chi connectivity index (χ1v) is 7.00. The van der Waals surface area contributed by atoms with Gasteiger partial charge in [-0.2, -0.15) is 0 Å². The molecule has 1 aliphatic heterocycles. The number of rotatable bonds is 6. The Balaban J connectivity index is 0.00000289. The number of halogens is 1. The van der Waals surface area contributed by atoms with Crippen LogP contribution in [0.4, 0.5) is 0 Å². The first kappa shape index (κ1) is 18.0. The van der Waals surface area contributed by atoms with Gasteiger partial charge in [0.25, 0.3) is 0 Å². The van der Waals surface area contributed by atoms with E-state index < -0.39 is 0 Å². The van der Waals surface area contributed by atoms with Crippen molar-refractivity contribution < 1.29 is 5.11 Å². The van der Waals surface area contributed by atoms with E-state index in [-0.39, 0.29) is 24.0 Å². The zero-order valence-electron chi connectivity index (χ0n) is 11.3. The summed E-state index contributed by atoms with van der Waals surface area (Å²) in [6, 6.07) is 0. The molecular weight excluding hydrogens is 341 g/mol. The second-order valence-electron chi connectivity index (χ2n) is 4.78. The lowest BCUT2D eigenvalue weighted by Crippen LogP contribution is -2.38. The van der Waals surface area contributed by atoms with E-state index in [1.807, 2.05) is 0 Å². The molecule has 0 radical (unpaired) electrons. The molecule has 1 fully saturated rings. The summed E-state index contributed by atoms with van der Waals surface area (Å²) in [4.78, 5) is 6.67. The molecule has 4 nitrogen and oxygen atoms in total. The van der Waals surface area contributed by atoms with Gasteiger partial charge in [-0.05, 0) is 25.7 Å². The molecule has 0 bridgehead atoms. The quantitative estimate of drug-likeness (QED) is 0.327. The van der Waals surface area contributed by atoms with Gasteiger partial charge < -0.3 is 15.7 Å². The van der Waals surface area contributed by atoms with E-state index in [9.17, 15) is 0 Å². The maximum Gasteiger partial charge on any atom is 0.191 e. The number of aliphatic hydroxyl groups is 1. The Morgan fingerprint density at radius 3 is 2.22 bits per heavy atom. The topological polar surface area (TPSA) is 61.9 Å². The Morgan fingerprint density at radius 2 is 1.61 bits per heavy atom. The third-order valence-corrected chi connectivity index (χ3v) is 3.27. The highest BCUT2D eigenvalue weighted by atomic mass is 127. The van der Waals surface area contributed by atoms with Gasteiger partial charge in [0.2, 0.25) is 0 Å². The number of hydrogen-bond donors (Lipinski definition) is 2. The van der Waals surface area contributed by atoms with Crippen molar-refractivity contribution in [2.45, 2.75) is 51.4 Å². The normalized spacial score (nSPS) is 17.2. The van der Waals surface area contributed by atoms with Crippen LogP contribution in [0.3, 0.4) is 0 Å². The first-order valence-electron chi connectivity index (χ1n) is 7.00. The summed E-state index contributed by atoms with van der Waals surface area (Å²) in [5.74, 6) is 0.731. The average molecular weight is 369 g/mol. The van der Waals surface area contributed by atoms with E-state index in [0.29, 0.717) is 6.61 Å². The molecule has 1 heterocycles. The van der Waals surface area contributed by atoms with Crippen molar-refractivity contribution in [3.8, 4) is 0 Å². The zero-order valence-corrected chi connectivity index (χ0v) is 13.6. The average Bonchev–Trinajstić information content (AvgIpc) is 2.62. The van der Waals surface area contributed by atoms with Crippen LogP contribution < -0.4 is 5.73 Å². The maximum absolute atomic E-state index is 8.65. The second kappa shape index (κ2) is 12.0. The van der Waals surface area contributed by atoms with Crippen LogP contribution in [0.5, 0.6) is 0 Å². The van der Waals surface area contributed by atoms with Crippen LogP contribution in [-0.2, 0) is 0 Å². The van der Waals surface area contributed by atoms with Crippen molar-refractivity contribution in [2.75, 3.05) is 26.2 Å². The van der Waals surface area contributed by atoms with Gasteiger partial charge in [-0.25, -0.2) is 0 Å². The molecule has 0 aliphatic carbocycles. The monoisotopic (exact) mass is 369 g/mol. The third-order valence-electron chi connectivity index (χ3n) is 3.27. The molecule has 18 heavy (non-hydrogen) atoms. The van der Waals surface area contributed by atoms with Crippen LogP contribution in [0.25, 0.3) is 0 Å². The lowest BCUT2D eigenvalue weighted by molar-refractivity contribution is 0.282. The molecule has 0 amide bonds. The van der Waals surface area contributed by atoms with E-state index in [1.165, 1.54) is 25.7 Å². The Hall–Kier alpha value is -0.0400. The molecule has 0 aromatic carbocycles. The molecule has 0 atom stereocenters. The predicted octanol–water partition coefficient (Wildman–Crippen LogP) is 2.35. The number of nitrogens with zero attached hydrogens (tertiary/aromatic N) is 2. The van der Waals surface area contributed by atoms with Gasteiger partial charge in [-0.1, -0.05) is 25.7 Å². The van der Waals surface area contributed by atoms with Crippen molar-refractivity contribution in [3.05, 3.63) is 0 Å². The van der Waals surface area contributed by atoms with Crippen molar-refractivity contribution in [1.82, 2.24) is 4.90 Å². The third kappa shape index (κ3) is 8.13. The van der Waals surface area contributed by atoms with E-state index in [0.717, 1.165) is 51.3 Å². The molecule has 0 spiro atoms. The predicted molar refractivity (Wildman–Crippen MR) is 87.5 cm³/mol. The minimum atomic E-state index is 0. The second-order valence-corrected chi connectivity index (χ2v) is 4.78. The van der Waals surface area contributed by atoms with Crippen LogP contribution in [0, 0.1) is 0 Å². The lowest BCUT2D eigenvalue weighted by atomic mass is 10.2. The highest BCUT2D eigenvalue weighted by Gasteiger charge is 2.10. The lowest BCUT2D eigenvalue weighted by Gasteiger charge is -2.21. The summed E-state index contributed by atoms with van der Waals surface area (Å²) < 4.78 is 0.